The molecule has 2 aliphatic rings. The highest BCUT2D eigenvalue weighted by Gasteiger charge is 2.32. The molecular weight excluding hydrogens is 492 g/mol. The van der Waals surface area contributed by atoms with Gasteiger partial charge in [-0.2, -0.15) is 9.61 Å². The smallest absolute Gasteiger partial charge is 0.416 e. The van der Waals surface area contributed by atoms with Crippen molar-refractivity contribution in [2.75, 3.05) is 36.1 Å². The molecule has 0 N–H and O–H groups in total. The van der Waals surface area contributed by atoms with Crippen molar-refractivity contribution in [3.8, 4) is 11.3 Å². The minimum atomic E-state index is -0.652. The highest BCUT2D eigenvalue weighted by atomic mass is 16.6. The molecule has 202 valence electrons. The average Bonchev–Trinajstić information content (AvgIpc) is 3.70. The molecule has 2 fully saturated rings. The number of fused-ring (bicyclic) bond motifs is 1. The van der Waals surface area contributed by atoms with E-state index in [0.29, 0.717) is 31.5 Å². The minimum absolute atomic E-state index is 0.317. The van der Waals surface area contributed by atoms with E-state index in [1.807, 2.05) is 75.5 Å². The predicted molar refractivity (Wildman–Crippen MR) is 150 cm³/mol. The number of ether oxygens (including phenoxy) is 2. The van der Waals surface area contributed by atoms with Gasteiger partial charge in [0.15, 0.2) is 5.65 Å². The zero-order valence-electron chi connectivity index (χ0n) is 22.7. The van der Waals surface area contributed by atoms with Crippen LogP contribution in [0.3, 0.4) is 0 Å². The third kappa shape index (κ3) is 5.59. The summed E-state index contributed by atoms with van der Waals surface area (Å²) < 4.78 is 13.3. The van der Waals surface area contributed by atoms with E-state index in [2.05, 4.69) is 9.88 Å². The van der Waals surface area contributed by atoms with Crippen LogP contribution < -0.4 is 9.80 Å². The lowest BCUT2D eigenvalue weighted by Gasteiger charge is -2.31. The van der Waals surface area contributed by atoms with Gasteiger partial charge in [0, 0.05) is 36.5 Å². The number of morpholine rings is 1. The van der Waals surface area contributed by atoms with E-state index in [1.54, 1.807) is 15.6 Å². The molecule has 4 aromatic rings. The molecule has 0 bridgehead atoms. The largest absolute Gasteiger partial charge is 0.443 e. The molecule has 1 aliphatic carbocycles. The Hall–Kier alpha value is -3.98. The van der Waals surface area contributed by atoms with E-state index >= 15 is 0 Å². The number of amides is 1. The number of hydrogen-bond acceptors (Lipinski definition) is 7. The Morgan fingerprint density at radius 1 is 1.10 bits per heavy atom. The van der Waals surface area contributed by atoms with Gasteiger partial charge in [-0.3, -0.25) is 9.88 Å². The summed E-state index contributed by atoms with van der Waals surface area (Å²) in [5.41, 5.74) is 4.17. The Morgan fingerprint density at radius 3 is 2.54 bits per heavy atom. The van der Waals surface area contributed by atoms with Gasteiger partial charge in [-0.1, -0.05) is 30.3 Å². The van der Waals surface area contributed by atoms with Gasteiger partial charge in [0.25, 0.3) is 0 Å². The fourth-order valence-electron chi connectivity index (χ4n) is 4.83. The fraction of sp³-hybridized carbons (Fsp3) is 0.400. The van der Waals surface area contributed by atoms with Crippen LogP contribution in [0.15, 0.2) is 60.9 Å². The Labute approximate surface area is 228 Å². The molecule has 1 saturated heterocycles. The summed E-state index contributed by atoms with van der Waals surface area (Å²) in [6, 6.07) is 15.9. The quantitative estimate of drug-likeness (QED) is 0.330. The van der Waals surface area contributed by atoms with E-state index in [4.69, 9.17) is 19.6 Å². The maximum Gasteiger partial charge on any atom is 0.416 e. The van der Waals surface area contributed by atoms with E-state index in [9.17, 15) is 4.79 Å². The van der Waals surface area contributed by atoms with Gasteiger partial charge in [0.1, 0.15) is 17.2 Å². The third-order valence-corrected chi connectivity index (χ3v) is 6.96. The highest BCUT2D eigenvalue weighted by Crippen LogP contribution is 2.42. The minimum Gasteiger partial charge on any atom is -0.443 e. The van der Waals surface area contributed by atoms with Crippen LogP contribution in [0.2, 0.25) is 0 Å². The number of hydrogen-bond donors (Lipinski definition) is 0. The first-order valence-electron chi connectivity index (χ1n) is 13.6. The second-order valence-electron chi connectivity index (χ2n) is 11.2. The van der Waals surface area contributed by atoms with Crippen LogP contribution in [-0.2, 0) is 16.0 Å². The van der Waals surface area contributed by atoms with Crippen LogP contribution in [0.25, 0.3) is 16.9 Å². The number of carbonyl (C=O) groups is 1. The van der Waals surface area contributed by atoms with Crippen LogP contribution in [0.1, 0.15) is 50.7 Å². The number of carbonyl (C=O) groups excluding carboxylic acids is 1. The van der Waals surface area contributed by atoms with Crippen molar-refractivity contribution in [2.24, 2.45) is 0 Å². The Kier molecular flexibility index (Phi) is 6.68. The normalized spacial score (nSPS) is 15.9. The number of benzene rings is 1. The summed E-state index contributed by atoms with van der Waals surface area (Å²) >= 11 is 0. The molecule has 4 heterocycles. The number of anilines is 2. The summed E-state index contributed by atoms with van der Waals surface area (Å²) in [5.74, 6) is 1.93. The van der Waals surface area contributed by atoms with Gasteiger partial charge in [-0.25, -0.2) is 9.78 Å². The van der Waals surface area contributed by atoms with Crippen LogP contribution in [-0.4, -0.2) is 57.6 Å². The topological polar surface area (TPSA) is 85.1 Å². The van der Waals surface area contributed by atoms with E-state index in [1.165, 1.54) is 0 Å². The molecule has 1 aromatic carbocycles. The van der Waals surface area contributed by atoms with Gasteiger partial charge >= 0.3 is 6.09 Å². The summed E-state index contributed by atoms with van der Waals surface area (Å²) in [5, 5.41) is 4.71. The Bertz CT molecular complexity index is 1450. The molecule has 1 amide bonds. The van der Waals surface area contributed by atoms with Crippen molar-refractivity contribution in [2.45, 2.75) is 51.7 Å². The molecule has 1 aliphatic heterocycles. The predicted octanol–water partition coefficient (Wildman–Crippen LogP) is 5.45. The first kappa shape index (κ1) is 25.3. The Morgan fingerprint density at radius 2 is 1.87 bits per heavy atom. The summed E-state index contributed by atoms with van der Waals surface area (Å²) in [4.78, 5) is 27.1. The molecule has 9 nitrogen and oxygen atoms in total. The standard InChI is InChI=1S/C30H34N6O3/c1-30(2,3)39-29(37)35(20-21-7-9-23(10-8-21)25-6-4-5-13-31-25)27-18-26(34-14-16-38-17-15-34)33-28-24(22-11-12-22)19-32-36(27)28/h4-10,13,18-19,22H,11-12,14-17,20H2,1-3H3. The van der Waals surface area contributed by atoms with Crippen LogP contribution >= 0.6 is 0 Å². The lowest BCUT2D eigenvalue weighted by molar-refractivity contribution is 0.0575. The second kappa shape index (κ2) is 10.3. The second-order valence-corrected chi connectivity index (χ2v) is 11.2. The zero-order valence-corrected chi connectivity index (χ0v) is 22.7. The molecule has 39 heavy (non-hydrogen) atoms. The molecule has 0 unspecified atom stereocenters. The molecule has 6 rings (SSSR count). The SMILES string of the molecule is CC(C)(C)OC(=O)N(Cc1ccc(-c2ccccn2)cc1)c1cc(N2CCOCC2)nc2c(C3CC3)cnn12. The molecule has 9 heteroatoms. The van der Waals surface area contributed by atoms with Gasteiger partial charge in [-0.05, 0) is 57.2 Å². The van der Waals surface area contributed by atoms with Crippen molar-refractivity contribution in [3.05, 3.63) is 72.1 Å². The fourth-order valence-corrected chi connectivity index (χ4v) is 4.83. The van der Waals surface area contributed by atoms with E-state index in [0.717, 1.165) is 59.8 Å². The maximum atomic E-state index is 13.7. The molecule has 0 spiro atoms. The van der Waals surface area contributed by atoms with Gasteiger partial charge in [0.2, 0.25) is 0 Å². The van der Waals surface area contributed by atoms with Gasteiger partial charge < -0.3 is 14.4 Å². The van der Waals surface area contributed by atoms with Crippen molar-refractivity contribution >= 4 is 23.4 Å². The van der Waals surface area contributed by atoms with Crippen molar-refractivity contribution in [1.29, 1.82) is 0 Å². The monoisotopic (exact) mass is 526 g/mol. The first-order chi connectivity index (χ1) is 18.9. The van der Waals surface area contributed by atoms with Crippen molar-refractivity contribution < 1.29 is 14.3 Å². The summed E-state index contributed by atoms with van der Waals surface area (Å²) in [7, 11) is 0. The molecular formula is C30H34N6O3. The van der Waals surface area contributed by atoms with Gasteiger partial charge in [-0.15, -0.1) is 0 Å². The first-order valence-corrected chi connectivity index (χ1v) is 13.6. The average molecular weight is 527 g/mol. The van der Waals surface area contributed by atoms with Crippen molar-refractivity contribution in [3.63, 3.8) is 0 Å². The summed E-state index contributed by atoms with van der Waals surface area (Å²) in [6.07, 6.45) is 5.53. The number of nitrogens with zero attached hydrogens (tertiary/aromatic N) is 6. The maximum absolute atomic E-state index is 13.7. The van der Waals surface area contributed by atoms with E-state index < -0.39 is 11.7 Å². The molecule has 0 atom stereocenters. The summed E-state index contributed by atoms with van der Waals surface area (Å²) in [6.45, 7) is 8.75. The Balaban J connectivity index is 1.41. The number of pyridine rings is 1. The lowest BCUT2D eigenvalue weighted by atomic mass is 10.1. The molecule has 1 saturated carbocycles. The zero-order chi connectivity index (χ0) is 27.0. The van der Waals surface area contributed by atoms with Gasteiger partial charge in [0.05, 0.1) is 31.6 Å². The van der Waals surface area contributed by atoms with Crippen LogP contribution in [0.4, 0.5) is 16.4 Å². The van der Waals surface area contributed by atoms with Crippen LogP contribution in [0.5, 0.6) is 0 Å². The lowest BCUT2D eigenvalue weighted by Crippen LogP contribution is -2.39. The third-order valence-electron chi connectivity index (χ3n) is 6.96. The highest BCUT2D eigenvalue weighted by molar-refractivity contribution is 5.88. The number of aromatic nitrogens is 4. The van der Waals surface area contributed by atoms with Crippen molar-refractivity contribution in [1.82, 2.24) is 19.6 Å². The van der Waals surface area contributed by atoms with E-state index in [-0.39, 0.29) is 0 Å². The number of rotatable bonds is 6. The molecule has 3 aromatic heterocycles. The molecule has 0 radical (unpaired) electrons. The van der Waals surface area contributed by atoms with Crippen LogP contribution in [0, 0.1) is 0 Å².